The second-order valence-electron chi connectivity index (χ2n) is 5.68. The highest BCUT2D eigenvalue weighted by Gasteiger charge is 2.23. The van der Waals surface area contributed by atoms with Gasteiger partial charge in [-0.1, -0.05) is 19.3 Å². The van der Waals surface area contributed by atoms with Crippen molar-refractivity contribution in [1.82, 2.24) is 9.97 Å². The Morgan fingerprint density at radius 3 is 2.55 bits per heavy atom. The lowest BCUT2D eigenvalue weighted by atomic mass is 9.94. The summed E-state index contributed by atoms with van der Waals surface area (Å²) in [5, 5.41) is 1.54. The molecule has 0 atom stereocenters. The molecule has 0 radical (unpaired) electrons. The lowest BCUT2D eigenvalue weighted by Crippen LogP contribution is -2.34. The number of aryl methyl sites for hydroxylation is 2. The molecule has 0 aliphatic heterocycles. The minimum atomic E-state index is 0.358. The summed E-state index contributed by atoms with van der Waals surface area (Å²) in [5.41, 5.74) is 1.29. The molecule has 1 fully saturated rings. The van der Waals surface area contributed by atoms with E-state index in [0.29, 0.717) is 11.3 Å². The van der Waals surface area contributed by atoms with Crippen molar-refractivity contribution < 1.29 is 0 Å². The summed E-state index contributed by atoms with van der Waals surface area (Å²) in [6.45, 7) is 4.30. The number of aromatic nitrogens is 2. The number of anilines is 1. The van der Waals surface area contributed by atoms with Crippen LogP contribution in [0.1, 0.15) is 42.5 Å². The van der Waals surface area contributed by atoms with Gasteiger partial charge in [-0.15, -0.1) is 11.3 Å². The molecule has 20 heavy (non-hydrogen) atoms. The van der Waals surface area contributed by atoms with Gasteiger partial charge in [-0.25, -0.2) is 4.98 Å². The van der Waals surface area contributed by atoms with Crippen LogP contribution in [0.2, 0.25) is 5.28 Å². The normalized spacial score (nSPS) is 16.8. The van der Waals surface area contributed by atoms with E-state index in [2.05, 4.69) is 35.8 Å². The number of hydrogen-bond acceptors (Lipinski definition) is 4. The SMILES string of the molecule is Cc1sc2nc(Cl)nc(N(C)C3CCCCC3)c2c1C. The highest BCUT2D eigenvalue weighted by atomic mass is 35.5. The molecule has 0 N–H and O–H groups in total. The van der Waals surface area contributed by atoms with E-state index in [4.69, 9.17) is 11.6 Å². The van der Waals surface area contributed by atoms with Gasteiger partial charge in [-0.2, -0.15) is 4.98 Å². The Morgan fingerprint density at radius 2 is 1.85 bits per heavy atom. The third kappa shape index (κ3) is 2.40. The van der Waals surface area contributed by atoms with Gasteiger partial charge < -0.3 is 4.90 Å². The topological polar surface area (TPSA) is 29.0 Å². The fourth-order valence-corrected chi connectivity index (χ4v) is 4.34. The summed E-state index contributed by atoms with van der Waals surface area (Å²) in [7, 11) is 2.15. The molecule has 5 heteroatoms. The Bertz CT molecular complexity index is 632. The zero-order chi connectivity index (χ0) is 14.3. The Balaban J connectivity index is 2.09. The summed E-state index contributed by atoms with van der Waals surface area (Å²) < 4.78 is 0. The molecule has 0 saturated heterocycles. The largest absolute Gasteiger partial charge is 0.356 e. The highest BCUT2D eigenvalue weighted by molar-refractivity contribution is 7.18. The van der Waals surface area contributed by atoms with Crippen molar-refractivity contribution >= 4 is 39.0 Å². The smallest absolute Gasteiger partial charge is 0.225 e. The maximum absolute atomic E-state index is 6.13. The molecule has 3 rings (SSSR count). The molecule has 0 aromatic carbocycles. The monoisotopic (exact) mass is 309 g/mol. The van der Waals surface area contributed by atoms with E-state index in [1.165, 1.54) is 47.9 Å². The maximum atomic E-state index is 6.13. The predicted molar refractivity (Wildman–Crippen MR) is 87.2 cm³/mol. The molecule has 1 aliphatic rings. The van der Waals surface area contributed by atoms with Crippen molar-refractivity contribution in [3.8, 4) is 0 Å². The molecular formula is C15H20ClN3S. The zero-order valence-electron chi connectivity index (χ0n) is 12.2. The molecule has 2 aromatic rings. The molecule has 3 nitrogen and oxygen atoms in total. The molecule has 1 aliphatic carbocycles. The van der Waals surface area contributed by atoms with E-state index in [-0.39, 0.29) is 0 Å². The van der Waals surface area contributed by atoms with Crippen LogP contribution >= 0.6 is 22.9 Å². The molecule has 108 valence electrons. The second kappa shape index (κ2) is 5.49. The van der Waals surface area contributed by atoms with Crippen molar-refractivity contribution in [3.63, 3.8) is 0 Å². The fourth-order valence-electron chi connectivity index (χ4n) is 3.10. The van der Waals surface area contributed by atoms with Gasteiger partial charge in [0.25, 0.3) is 0 Å². The predicted octanol–water partition coefficient (Wildman–Crippen LogP) is 4.73. The van der Waals surface area contributed by atoms with Crippen molar-refractivity contribution in [2.45, 2.75) is 52.0 Å². The van der Waals surface area contributed by atoms with Gasteiger partial charge in [-0.05, 0) is 43.9 Å². The van der Waals surface area contributed by atoms with Crippen LogP contribution in [0, 0.1) is 13.8 Å². The first-order valence-electron chi connectivity index (χ1n) is 7.24. The number of halogens is 1. The number of nitrogens with zero attached hydrogens (tertiary/aromatic N) is 3. The quantitative estimate of drug-likeness (QED) is 0.751. The van der Waals surface area contributed by atoms with Crippen LogP contribution in [-0.2, 0) is 0 Å². The summed E-state index contributed by atoms with van der Waals surface area (Å²) in [4.78, 5) is 13.6. The summed E-state index contributed by atoms with van der Waals surface area (Å²) >= 11 is 7.84. The lowest BCUT2D eigenvalue weighted by Gasteiger charge is -2.32. The van der Waals surface area contributed by atoms with Gasteiger partial charge in [0, 0.05) is 18.0 Å². The minimum Gasteiger partial charge on any atom is -0.356 e. The van der Waals surface area contributed by atoms with E-state index in [1.54, 1.807) is 11.3 Å². The van der Waals surface area contributed by atoms with Gasteiger partial charge >= 0.3 is 0 Å². The van der Waals surface area contributed by atoms with Crippen molar-refractivity contribution in [2.75, 3.05) is 11.9 Å². The van der Waals surface area contributed by atoms with Gasteiger partial charge in [0.1, 0.15) is 10.6 Å². The first kappa shape index (κ1) is 14.1. The summed E-state index contributed by atoms with van der Waals surface area (Å²) in [5.74, 6) is 1.01. The van der Waals surface area contributed by atoms with Crippen LogP contribution in [0.15, 0.2) is 0 Å². The average Bonchev–Trinajstić information content (AvgIpc) is 2.73. The van der Waals surface area contributed by atoms with Crippen molar-refractivity contribution in [1.29, 1.82) is 0 Å². The van der Waals surface area contributed by atoms with E-state index in [1.807, 2.05) is 0 Å². The first-order chi connectivity index (χ1) is 9.58. The Morgan fingerprint density at radius 1 is 1.15 bits per heavy atom. The van der Waals surface area contributed by atoms with Crippen LogP contribution in [0.4, 0.5) is 5.82 Å². The van der Waals surface area contributed by atoms with Gasteiger partial charge in [0.05, 0.1) is 5.39 Å². The Labute approximate surface area is 129 Å². The maximum Gasteiger partial charge on any atom is 0.225 e. The molecule has 2 heterocycles. The van der Waals surface area contributed by atoms with Crippen LogP contribution in [-0.4, -0.2) is 23.1 Å². The molecule has 1 saturated carbocycles. The van der Waals surface area contributed by atoms with E-state index < -0.39 is 0 Å². The number of thiophene rings is 1. The number of rotatable bonds is 2. The minimum absolute atomic E-state index is 0.358. The molecule has 0 spiro atoms. The molecule has 2 aromatic heterocycles. The Hall–Kier alpha value is -0.870. The number of hydrogen-bond donors (Lipinski definition) is 0. The zero-order valence-corrected chi connectivity index (χ0v) is 13.8. The molecule has 0 unspecified atom stereocenters. The number of fused-ring (bicyclic) bond motifs is 1. The molecule has 0 amide bonds. The van der Waals surface area contributed by atoms with Crippen LogP contribution in [0.25, 0.3) is 10.2 Å². The third-order valence-corrected chi connectivity index (χ3v) is 5.71. The fraction of sp³-hybridized carbons (Fsp3) is 0.600. The van der Waals surface area contributed by atoms with Gasteiger partial charge in [0.15, 0.2) is 0 Å². The van der Waals surface area contributed by atoms with Crippen molar-refractivity contribution in [2.24, 2.45) is 0 Å². The first-order valence-corrected chi connectivity index (χ1v) is 8.43. The van der Waals surface area contributed by atoms with Gasteiger partial charge in [0.2, 0.25) is 5.28 Å². The molecule has 0 bridgehead atoms. The highest BCUT2D eigenvalue weighted by Crippen LogP contribution is 2.37. The van der Waals surface area contributed by atoms with E-state index in [9.17, 15) is 0 Å². The van der Waals surface area contributed by atoms with Crippen LogP contribution < -0.4 is 4.90 Å². The van der Waals surface area contributed by atoms with Crippen LogP contribution in [0.5, 0.6) is 0 Å². The van der Waals surface area contributed by atoms with E-state index >= 15 is 0 Å². The second-order valence-corrected chi connectivity index (χ2v) is 7.22. The standard InChI is InChI=1S/C15H20ClN3S/c1-9-10(2)20-14-12(9)13(17-15(16)18-14)19(3)11-7-5-4-6-8-11/h11H,4-8H2,1-3H3. The average molecular weight is 310 g/mol. The summed E-state index contributed by atoms with van der Waals surface area (Å²) in [6.07, 6.45) is 6.50. The van der Waals surface area contributed by atoms with E-state index in [0.717, 1.165) is 10.6 Å². The Kier molecular flexibility index (Phi) is 3.87. The third-order valence-electron chi connectivity index (χ3n) is 4.44. The van der Waals surface area contributed by atoms with Gasteiger partial charge in [-0.3, -0.25) is 0 Å². The summed E-state index contributed by atoms with van der Waals surface area (Å²) in [6, 6.07) is 0.581. The van der Waals surface area contributed by atoms with Crippen LogP contribution in [0.3, 0.4) is 0 Å². The molecular weight excluding hydrogens is 290 g/mol. The lowest BCUT2D eigenvalue weighted by molar-refractivity contribution is 0.426. The van der Waals surface area contributed by atoms with Crippen molar-refractivity contribution in [3.05, 3.63) is 15.7 Å².